The molecule has 0 saturated heterocycles. The quantitative estimate of drug-likeness (QED) is 0.273. The number of Topliss-reactive ketones (excluding diaryl/α,β-unsaturated/α-hetero) is 1. The molecule has 4 aliphatic rings. The van der Waals surface area contributed by atoms with Gasteiger partial charge in [0.1, 0.15) is 6.01 Å². The smallest absolute Gasteiger partial charge is 0.306 e. The summed E-state index contributed by atoms with van der Waals surface area (Å²) in [5, 5.41) is 16.3. The average molecular weight is 652 g/mol. The Morgan fingerprint density at radius 3 is 2.70 bits per heavy atom. The molecule has 4 aliphatic carbocycles. The third kappa shape index (κ3) is 5.05. The van der Waals surface area contributed by atoms with Crippen molar-refractivity contribution in [1.29, 1.82) is 0 Å². The minimum atomic E-state index is -1.46. The summed E-state index contributed by atoms with van der Waals surface area (Å²) in [6.45, 7) is 5.87. The van der Waals surface area contributed by atoms with Crippen LogP contribution in [0.5, 0.6) is 0 Å². The monoisotopic (exact) mass is 651 g/mol. The molecule has 1 heterocycles. The number of carbonyl (C=O) groups excluding carboxylic acids is 4. The number of benzene rings is 1. The number of ether oxygens (including phenoxy) is 1. The lowest BCUT2D eigenvalue weighted by Crippen LogP contribution is -2.62. The summed E-state index contributed by atoms with van der Waals surface area (Å²) >= 11 is 0.561. The topological polar surface area (TPSA) is 142 Å². The summed E-state index contributed by atoms with van der Waals surface area (Å²) in [7, 11) is 0. The number of aliphatic hydroxyl groups is 1. The summed E-state index contributed by atoms with van der Waals surface area (Å²) in [4.78, 5) is 50.0. The first-order chi connectivity index (χ1) is 21.9. The van der Waals surface area contributed by atoms with E-state index in [0.29, 0.717) is 43.0 Å². The number of carbonyl (C=O) groups is 4. The van der Waals surface area contributed by atoms with Gasteiger partial charge in [-0.1, -0.05) is 38.5 Å². The number of fused-ring (bicyclic) bond motifs is 6. The van der Waals surface area contributed by atoms with Crippen LogP contribution in [0.4, 0.5) is 4.39 Å². The van der Waals surface area contributed by atoms with E-state index in [1.807, 2.05) is 23.9 Å². The van der Waals surface area contributed by atoms with Crippen LogP contribution >= 0.6 is 11.8 Å². The van der Waals surface area contributed by atoms with Crippen LogP contribution in [-0.2, 0) is 25.5 Å². The molecule has 1 aromatic carbocycles. The number of allylic oxidation sites excluding steroid dienone is 1. The van der Waals surface area contributed by atoms with Gasteiger partial charge < -0.3 is 15.6 Å². The van der Waals surface area contributed by atoms with Gasteiger partial charge in [-0.15, -0.1) is 0 Å². The number of halogens is 1. The number of aromatic nitrogens is 2. The van der Waals surface area contributed by atoms with Gasteiger partial charge >= 0.3 is 5.97 Å². The van der Waals surface area contributed by atoms with Gasteiger partial charge in [-0.05, 0) is 97.2 Å². The predicted molar refractivity (Wildman–Crippen MR) is 171 cm³/mol. The molecular formula is C35H42FN3O6S. The van der Waals surface area contributed by atoms with Crippen LogP contribution in [0.1, 0.15) is 93.8 Å². The minimum absolute atomic E-state index is 0.00328. The highest BCUT2D eigenvalue weighted by Crippen LogP contribution is 2.69. The number of ketones is 1. The summed E-state index contributed by atoms with van der Waals surface area (Å²) < 4.78 is 21.3. The third-order valence-electron chi connectivity index (χ3n) is 11.6. The number of aliphatic hydroxyl groups excluding tert-OH is 1. The Hall–Kier alpha value is -3.31. The molecule has 1 aromatic heterocycles. The number of primary amides is 1. The molecule has 6 rings (SSSR count). The van der Waals surface area contributed by atoms with E-state index >= 15 is 0 Å². The van der Waals surface area contributed by atoms with Gasteiger partial charge in [0, 0.05) is 30.2 Å². The Kier molecular flexibility index (Phi) is 8.54. The second kappa shape index (κ2) is 12.0. The zero-order chi connectivity index (χ0) is 33.0. The molecule has 1 amide bonds. The van der Waals surface area contributed by atoms with E-state index in [2.05, 4.69) is 13.0 Å². The first-order valence-corrected chi connectivity index (χ1v) is 17.2. The standard InChI is InChI=1S/C35H42FN3O6S/c1-4-30(43)45-35(32(44)46-19-36)13-12-25-24-9-8-22-15-26-21(16-33(22,2)31(24)28(41)17-34(25,35)3)18-38-39(26)23-7-5-6-20(14-23)27(40)10-11-29(37)42/h5-7,14-15,18,24-25,28,31,41H,4,8-13,16-17,19H2,1-3H3,(H2,37,42)/t24-,25-,28-,31+,33-,34-,35-/m0/s1. The van der Waals surface area contributed by atoms with E-state index in [-0.39, 0.29) is 48.2 Å². The van der Waals surface area contributed by atoms with Crippen LogP contribution in [0.3, 0.4) is 0 Å². The van der Waals surface area contributed by atoms with E-state index < -0.39 is 40.1 Å². The maximum atomic E-state index is 13.5. The molecule has 0 radical (unpaired) electrons. The van der Waals surface area contributed by atoms with Crippen molar-refractivity contribution in [3.63, 3.8) is 0 Å². The van der Waals surface area contributed by atoms with Crippen molar-refractivity contribution in [2.75, 3.05) is 6.01 Å². The third-order valence-corrected chi connectivity index (χ3v) is 12.3. The molecule has 9 nitrogen and oxygen atoms in total. The molecule has 3 fully saturated rings. The van der Waals surface area contributed by atoms with Gasteiger partial charge in [0.15, 0.2) is 11.4 Å². The van der Waals surface area contributed by atoms with E-state index in [1.54, 1.807) is 25.1 Å². The maximum Gasteiger partial charge on any atom is 0.306 e. The Morgan fingerprint density at radius 1 is 1.20 bits per heavy atom. The Labute approximate surface area is 272 Å². The number of hydrogen-bond acceptors (Lipinski definition) is 8. The van der Waals surface area contributed by atoms with Crippen molar-refractivity contribution in [2.45, 2.75) is 90.3 Å². The number of hydrogen-bond donors (Lipinski definition) is 2. The fourth-order valence-electron chi connectivity index (χ4n) is 9.55. The molecule has 0 spiro atoms. The lowest BCUT2D eigenvalue weighted by atomic mass is 9.45. The van der Waals surface area contributed by atoms with Gasteiger partial charge in [0.2, 0.25) is 11.0 Å². The number of nitrogens with zero attached hydrogens (tertiary/aromatic N) is 2. The molecule has 246 valence electrons. The number of amides is 1. The maximum absolute atomic E-state index is 13.5. The number of alkyl halides is 1. The predicted octanol–water partition coefficient (Wildman–Crippen LogP) is 5.35. The molecule has 3 N–H and O–H groups in total. The van der Waals surface area contributed by atoms with E-state index in [0.717, 1.165) is 29.8 Å². The highest BCUT2D eigenvalue weighted by Gasteiger charge is 2.70. The molecule has 0 unspecified atom stereocenters. The first-order valence-electron chi connectivity index (χ1n) is 16.2. The summed E-state index contributed by atoms with van der Waals surface area (Å²) in [6.07, 6.45) is 7.06. The fourth-order valence-corrected chi connectivity index (χ4v) is 10.3. The summed E-state index contributed by atoms with van der Waals surface area (Å²) in [6, 6.07) is 6.32. The van der Waals surface area contributed by atoms with Crippen molar-refractivity contribution in [2.24, 2.45) is 34.3 Å². The molecule has 0 aliphatic heterocycles. The molecule has 46 heavy (non-hydrogen) atoms. The lowest BCUT2D eigenvalue weighted by molar-refractivity contribution is -0.196. The van der Waals surface area contributed by atoms with Crippen molar-refractivity contribution in [3.8, 4) is 5.69 Å². The zero-order valence-corrected chi connectivity index (χ0v) is 27.4. The van der Waals surface area contributed by atoms with Crippen molar-refractivity contribution in [1.82, 2.24) is 9.78 Å². The van der Waals surface area contributed by atoms with Gasteiger partial charge in [0.25, 0.3) is 0 Å². The minimum Gasteiger partial charge on any atom is -0.449 e. The molecule has 0 bridgehead atoms. The SMILES string of the molecule is CCC(=O)O[C@]1(C(=O)SCF)CC[C@H]2[C@@H]3CCC4=Cc5c(cnn5-c5cccc(C(=O)CCC(N)=O)c5)C[C@]4(C)[C@H]3[C@@H](O)C[C@@]21C. The van der Waals surface area contributed by atoms with E-state index in [9.17, 15) is 28.7 Å². The molecule has 7 atom stereocenters. The number of esters is 1. The largest absolute Gasteiger partial charge is 0.449 e. The second-order valence-electron chi connectivity index (χ2n) is 13.9. The highest BCUT2D eigenvalue weighted by atomic mass is 32.2. The van der Waals surface area contributed by atoms with Crippen LogP contribution < -0.4 is 5.73 Å². The summed E-state index contributed by atoms with van der Waals surface area (Å²) in [5.74, 6) is -1.10. The number of rotatable bonds is 9. The van der Waals surface area contributed by atoms with Gasteiger partial charge in [-0.2, -0.15) is 5.10 Å². The van der Waals surface area contributed by atoms with E-state index in [1.165, 1.54) is 5.57 Å². The summed E-state index contributed by atoms with van der Waals surface area (Å²) in [5.41, 5.74) is 7.09. The average Bonchev–Trinajstić information content (AvgIpc) is 3.56. The van der Waals surface area contributed by atoms with Gasteiger partial charge in [0.05, 0.1) is 23.7 Å². The highest BCUT2D eigenvalue weighted by molar-refractivity contribution is 8.13. The number of thioether (sulfide) groups is 1. The molecule has 3 saturated carbocycles. The van der Waals surface area contributed by atoms with Crippen LogP contribution in [-0.4, -0.2) is 55.4 Å². The lowest BCUT2D eigenvalue weighted by Gasteiger charge is -2.60. The fraction of sp³-hybridized carbons (Fsp3) is 0.571. The Bertz CT molecular complexity index is 1620. The van der Waals surface area contributed by atoms with Crippen LogP contribution in [0, 0.1) is 28.6 Å². The van der Waals surface area contributed by atoms with Crippen LogP contribution in [0.2, 0.25) is 0 Å². The van der Waals surface area contributed by atoms with Crippen molar-refractivity contribution < 1.29 is 33.4 Å². The Morgan fingerprint density at radius 2 is 1.98 bits per heavy atom. The van der Waals surface area contributed by atoms with Crippen LogP contribution in [0.15, 0.2) is 36.0 Å². The zero-order valence-electron chi connectivity index (χ0n) is 26.6. The molecule has 11 heteroatoms. The molecular weight excluding hydrogens is 609 g/mol. The van der Waals surface area contributed by atoms with Gasteiger partial charge in [-0.3, -0.25) is 19.2 Å². The van der Waals surface area contributed by atoms with E-state index in [4.69, 9.17) is 15.6 Å². The van der Waals surface area contributed by atoms with Gasteiger partial charge in [-0.25, -0.2) is 9.07 Å². The van der Waals surface area contributed by atoms with Crippen molar-refractivity contribution >= 4 is 40.6 Å². The molecule has 2 aromatic rings. The Balaban J connectivity index is 1.31. The van der Waals surface area contributed by atoms with Crippen molar-refractivity contribution in [3.05, 3.63) is 52.9 Å². The van der Waals surface area contributed by atoms with Crippen LogP contribution in [0.25, 0.3) is 11.8 Å². The normalized spacial score (nSPS) is 32.8. The second-order valence-corrected chi connectivity index (χ2v) is 14.8. The first kappa shape index (κ1) is 32.6. The number of nitrogens with two attached hydrogens (primary N) is 1.